The van der Waals surface area contributed by atoms with E-state index in [2.05, 4.69) is 38.1 Å². The number of nitrogen functional groups attached to an aromatic ring is 1. The normalized spacial score (nSPS) is 10.8. The number of nitrogens with two attached hydrogens (primary N) is 1. The Hall–Kier alpha value is -1.77. The average Bonchev–Trinajstić information content (AvgIpc) is 2.48. The topological polar surface area (TPSA) is 52.0 Å². The number of nitrogens with zero attached hydrogens (tertiary/aromatic N) is 1. The molecule has 2 N–H and O–H groups in total. The van der Waals surface area contributed by atoms with Crippen molar-refractivity contribution in [1.82, 2.24) is 5.16 Å². The average molecular weight is 216 g/mol. The number of aryl methyl sites for hydroxylation is 4. The molecule has 3 nitrogen and oxygen atoms in total. The molecule has 0 saturated heterocycles. The van der Waals surface area contributed by atoms with Crippen molar-refractivity contribution < 1.29 is 4.52 Å². The highest BCUT2D eigenvalue weighted by Crippen LogP contribution is 2.33. The molecule has 1 heterocycles. The van der Waals surface area contributed by atoms with Crippen LogP contribution in [-0.4, -0.2) is 5.16 Å². The van der Waals surface area contributed by atoms with E-state index in [1.54, 1.807) is 0 Å². The summed E-state index contributed by atoms with van der Waals surface area (Å²) in [6.07, 6.45) is 0. The molecular weight excluding hydrogens is 200 g/mol. The minimum Gasteiger partial charge on any atom is -0.394 e. The van der Waals surface area contributed by atoms with Gasteiger partial charge in [0.1, 0.15) is 11.4 Å². The summed E-state index contributed by atoms with van der Waals surface area (Å²) in [6.45, 7) is 8.05. The predicted molar refractivity (Wildman–Crippen MR) is 65.3 cm³/mol. The Bertz CT molecular complexity index is 518. The van der Waals surface area contributed by atoms with E-state index in [9.17, 15) is 0 Å². The van der Waals surface area contributed by atoms with Crippen LogP contribution in [0.3, 0.4) is 0 Å². The molecule has 0 radical (unpaired) electrons. The van der Waals surface area contributed by atoms with Crippen LogP contribution in [0.2, 0.25) is 0 Å². The second kappa shape index (κ2) is 3.67. The quantitative estimate of drug-likeness (QED) is 0.796. The van der Waals surface area contributed by atoms with Crippen LogP contribution in [0.4, 0.5) is 5.69 Å². The van der Waals surface area contributed by atoms with E-state index in [1.807, 2.05) is 6.92 Å². The fourth-order valence-corrected chi connectivity index (χ4v) is 2.10. The van der Waals surface area contributed by atoms with Crippen LogP contribution >= 0.6 is 0 Å². The van der Waals surface area contributed by atoms with Gasteiger partial charge in [-0.05, 0) is 38.8 Å². The Morgan fingerprint density at radius 3 is 2.06 bits per heavy atom. The largest absolute Gasteiger partial charge is 0.394 e. The molecule has 0 bridgehead atoms. The second-order valence-corrected chi connectivity index (χ2v) is 4.28. The molecule has 0 aliphatic carbocycles. The van der Waals surface area contributed by atoms with Gasteiger partial charge in [-0.25, -0.2) is 0 Å². The molecule has 0 unspecified atom stereocenters. The first-order valence-corrected chi connectivity index (χ1v) is 5.30. The van der Waals surface area contributed by atoms with Crippen molar-refractivity contribution in [3.8, 4) is 11.3 Å². The molecule has 1 aromatic heterocycles. The van der Waals surface area contributed by atoms with Crippen molar-refractivity contribution in [1.29, 1.82) is 0 Å². The fraction of sp³-hybridized carbons (Fsp3) is 0.308. The highest BCUT2D eigenvalue weighted by Gasteiger charge is 2.16. The number of aromatic nitrogens is 1. The standard InChI is InChI=1S/C13H16N2O/c1-7-5-8(2)11(9(3)6-7)13-12(14)10(4)15-16-13/h5-6H,14H2,1-4H3. The van der Waals surface area contributed by atoms with Gasteiger partial charge in [0.15, 0.2) is 5.76 Å². The van der Waals surface area contributed by atoms with Gasteiger partial charge in [0.2, 0.25) is 0 Å². The summed E-state index contributed by atoms with van der Waals surface area (Å²) in [6, 6.07) is 4.25. The number of hydrogen-bond donors (Lipinski definition) is 1. The van der Waals surface area contributed by atoms with Gasteiger partial charge in [0.25, 0.3) is 0 Å². The lowest BCUT2D eigenvalue weighted by molar-refractivity contribution is 0.427. The van der Waals surface area contributed by atoms with Gasteiger partial charge in [-0.3, -0.25) is 0 Å². The maximum atomic E-state index is 5.95. The third-order valence-electron chi connectivity index (χ3n) is 2.81. The maximum Gasteiger partial charge on any atom is 0.190 e. The van der Waals surface area contributed by atoms with Crippen molar-refractivity contribution in [2.45, 2.75) is 27.7 Å². The Labute approximate surface area is 95.3 Å². The minimum absolute atomic E-state index is 0.634. The summed E-state index contributed by atoms with van der Waals surface area (Å²) >= 11 is 0. The molecule has 1 aromatic carbocycles. The first-order chi connectivity index (χ1) is 7.50. The van der Waals surface area contributed by atoms with Crippen LogP contribution in [0.15, 0.2) is 16.7 Å². The van der Waals surface area contributed by atoms with Gasteiger partial charge in [0, 0.05) is 5.56 Å². The van der Waals surface area contributed by atoms with Gasteiger partial charge in [0.05, 0.1) is 0 Å². The number of hydrogen-bond acceptors (Lipinski definition) is 3. The molecule has 3 heteroatoms. The van der Waals surface area contributed by atoms with Gasteiger partial charge in [-0.1, -0.05) is 22.9 Å². The second-order valence-electron chi connectivity index (χ2n) is 4.28. The molecule has 0 aliphatic heterocycles. The lowest BCUT2D eigenvalue weighted by Crippen LogP contribution is -1.93. The molecule has 0 atom stereocenters. The summed E-state index contributed by atoms with van der Waals surface area (Å²) in [5.41, 5.74) is 12.0. The molecule has 0 amide bonds. The van der Waals surface area contributed by atoms with Gasteiger partial charge in [-0.15, -0.1) is 0 Å². The molecule has 0 aliphatic rings. The summed E-state index contributed by atoms with van der Waals surface area (Å²) in [5, 5.41) is 3.90. The lowest BCUT2D eigenvalue weighted by atomic mass is 9.97. The van der Waals surface area contributed by atoms with Gasteiger partial charge < -0.3 is 10.3 Å². The van der Waals surface area contributed by atoms with E-state index < -0.39 is 0 Å². The van der Waals surface area contributed by atoms with Crippen LogP contribution in [-0.2, 0) is 0 Å². The minimum atomic E-state index is 0.634. The Morgan fingerprint density at radius 1 is 1.06 bits per heavy atom. The van der Waals surface area contributed by atoms with E-state index in [4.69, 9.17) is 10.3 Å². The predicted octanol–water partition coefficient (Wildman–Crippen LogP) is 3.16. The van der Waals surface area contributed by atoms with Crippen molar-refractivity contribution in [3.05, 3.63) is 34.5 Å². The lowest BCUT2D eigenvalue weighted by Gasteiger charge is -2.08. The number of benzene rings is 1. The van der Waals surface area contributed by atoms with Gasteiger partial charge in [-0.2, -0.15) is 0 Å². The summed E-state index contributed by atoms with van der Waals surface area (Å²) in [7, 11) is 0. The van der Waals surface area contributed by atoms with E-state index in [0.717, 1.165) is 11.3 Å². The zero-order valence-electron chi connectivity index (χ0n) is 10.1. The Kier molecular flexibility index (Phi) is 2.46. The monoisotopic (exact) mass is 216 g/mol. The first-order valence-electron chi connectivity index (χ1n) is 5.30. The Morgan fingerprint density at radius 2 is 1.62 bits per heavy atom. The fourth-order valence-electron chi connectivity index (χ4n) is 2.10. The maximum absolute atomic E-state index is 5.95. The Balaban J connectivity index is 2.69. The number of anilines is 1. The van der Waals surface area contributed by atoms with E-state index in [-0.39, 0.29) is 0 Å². The summed E-state index contributed by atoms with van der Waals surface area (Å²) in [4.78, 5) is 0. The molecular formula is C13H16N2O. The van der Waals surface area contributed by atoms with Crippen molar-refractivity contribution in [2.24, 2.45) is 0 Å². The zero-order valence-corrected chi connectivity index (χ0v) is 10.1. The molecule has 16 heavy (non-hydrogen) atoms. The molecule has 84 valence electrons. The third kappa shape index (κ3) is 1.58. The summed E-state index contributed by atoms with van der Waals surface area (Å²) < 4.78 is 5.31. The van der Waals surface area contributed by atoms with E-state index in [1.165, 1.54) is 16.7 Å². The molecule has 2 aromatic rings. The van der Waals surface area contributed by atoms with Crippen LogP contribution in [0.5, 0.6) is 0 Å². The van der Waals surface area contributed by atoms with Crippen molar-refractivity contribution in [3.63, 3.8) is 0 Å². The highest BCUT2D eigenvalue weighted by molar-refractivity contribution is 5.77. The van der Waals surface area contributed by atoms with Crippen LogP contribution in [0.1, 0.15) is 22.4 Å². The number of rotatable bonds is 1. The van der Waals surface area contributed by atoms with E-state index in [0.29, 0.717) is 11.4 Å². The smallest absolute Gasteiger partial charge is 0.190 e. The molecule has 2 rings (SSSR count). The van der Waals surface area contributed by atoms with Gasteiger partial charge >= 0.3 is 0 Å². The highest BCUT2D eigenvalue weighted by atomic mass is 16.5. The molecule has 0 spiro atoms. The summed E-state index contributed by atoms with van der Waals surface area (Å²) in [5.74, 6) is 0.688. The van der Waals surface area contributed by atoms with Crippen LogP contribution in [0, 0.1) is 27.7 Å². The van der Waals surface area contributed by atoms with Crippen LogP contribution < -0.4 is 5.73 Å². The molecule has 0 saturated carbocycles. The first kappa shape index (κ1) is 10.7. The zero-order chi connectivity index (χ0) is 11.9. The van der Waals surface area contributed by atoms with E-state index >= 15 is 0 Å². The third-order valence-corrected chi connectivity index (χ3v) is 2.81. The SMILES string of the molecule is Cc1cc(C)c(-c2onc(C)c2N)c(C)c1. The van der Waals surface area contributed by atoms with Crippen molar-refractivity contribution >= 4 is 5.69 Å². The molecule has 0 fully saturated rings. The van der Waals surface area contributed by atoms with Crippen molar-refractivity contribution in [2.75, 3.05) is 5.73 Å². The van der Waals surface area contributed by atoms with Crippen LogP contribution in [0.25, 0.3) is 11.3 Å².